The molecule has 1 aromatic heterocycles. The molecule has 24 heavy (non-hydrogen) atoms. The number of aryl methyl sites for hydroxylation is 1. The number of hydrogen-bond acceptors (Lipinski definition) is 5. The van der Waals surface area contributed by atoms with Crippen molar-refractivity contribution in [2.24, 2.45) is 0 Å². The predicted octanol–water partition coefficient (Wildman–Crippen LogP) is 3.01. The first-order chi connectivity index (χ1) is 11.7. The summed E-state index contributed by atoms with van der Waals surface area (Å²) in [4.78, 5) is 4.38. The molecule has 0 amide bonds. The van der Waals surface area contributed by atoms with Crippen molar-refractivity contribution in [3.63, 3.8) is 0 Å². The van der Waals surface area contributed by atoms with Crippen LogP contribution >= 0.6 is 0 Å². The Kier molecular flexibility index (Phi) is 7.21. The van der Waals surface area contributed by atoms with Crippen molar-refractivity contribution in [3.8, 4) is 11.9 Å². The predicted molar refractivity (Wildman–Crippen MR) is 92.9 cm³/mol. The van der Waals surface area contributed by atoms with E-state index < -0.39 is 0 Å². The molecular formula is C19H23N3O2. The lowest BCUT2D eigenvalue weighted by molar-refractivity contribution is 0.177. The lowest BCUT2D eigenvalue weighted by Gasteiger charge is -2.20. The van der Waals surface area contributed by atoms with E-state index in [0.29, 0.717) is 18.1 Å². The second kappa shape index (κ2) is 9.66. The highest BCUT2D eigenvalue weighted by Crippen LogP contribution is 2.26. The van der Waals surface area contributed by atoms with Crippen LogP contribution in [0.2, 0.25) is 0 Å². The first-order valence-corrected chi connectivity index (χ1v) is 8.03. The number of hydrogen-bond donors (Lipinski definition) is 1. The number of nitrogens with one attached hydrogen (secondary N) is 1. The molecule has 0 fully saturated rings. The fraction of sp³-hybridized carbons (Fsp3) is 0.368. The van der Waals surface area contributed by atoms with E-state index in [1.807, 2.05) is 43.3 Å². The van der Waals surface area contributed by atoms with Gasteiger partial charge in [-0.25, -0.2) is 4.98 Å². The van der Waals surface area contributed by atoms with Crippen LogP contribution in [0.4, 0.5) is 0 Å². The summed E-state index contributed by atoms with van der Waals surface area (Å²) in [6, 6.07) is 15.7. The van der Waals surface area contributed by atoms with Crippen molar-refractivity contribution in [2.45, 2.75) is 19.4 Å². The summed E-state index contributed by atoms with van der Waals surface area (Å²) in [6.07, 6.45) is 0.608. The van der Waals surface area contributed by atoms with Gasteiger partial charge in [0, 0.05) is 25.8 Å². The van der Waals surface area contributed by atoms with E-state index in [1.165, 1.54) is 0 Å². The third-order valence-electron chi connectivity index (χ3n) is 3.61. The molecule has 1 atom stereocenters. The number of benzene rings is 1. The molecule has 0 aliphatic rings. The largest absolute Gasteiger partial charge is 0.468 e. The molecule has 0 spiro atoms. The van der Waals surface area contributed by atoms with Gasteiger partial charge in [-0.15, -0.1) is 0 Å². The van der Waals surface area contributed by atoms with Crippen LogP contribution in [-0.4, -0.2) is 31.8 Å². The third kappa shape index (κ3) is 5.34. The highest BCUT2D eigenvalue weighted by Gasteiger charge is 2.16. The van der Waals surface area contributed by atoms with Gasteiger partial charge in [0.2, 0.25) is 5.88 Å². The maximum absolute atomic E-state index is 9.27. The molecule has 0 saturated heterocycles. The smallest absolute Gasteiger partial charge is 0.232 e. The fourth-order valence-electron chi connectivity index (χ4n) is 2.34. The molecule has 0 aliphatic heterocycles. The number of ether oxygens (including phenoxy) is 2. The van der Waals surface area contributed by atoms with Gasteiger partial charge in [-0.2, -0.15) is 5.26 Å². The zero-order chi connectivity index (χ0) is 17.2. The Hall–Kier alpha value is -2.42. The normalized spacial score (nSPS) is 11.7. The number of aromatic nitrogens is 1. The van der Waals surface area contributed by atoms with Crippen LogP contribution in [0.3, 0.4) is 0 Å². The maximum Gasteiger partial charge on any atom is 0.232 e. The molecule has 0 bridgehead atoms. The number of nitriles is 1. The zero-order valence-electron chi connectivity index (χ0n) is 14.2. The molecule has 126 valence electrons. The first kappa shape index (κ1) is 17.9. The molecule has 1 N–H and O–H groups in total. The first-order valence-electron chi connectivity index (χ1n) is 8.03. The van der Waals surface area contributed by atoms with Crippen molar-refractivity contribution in [1.29, 1.82) is 5.26 Å². The molecule has 5 nitrogen and oxygen atoms in total. The summed E-state index contributed by atoms with van der Waals surface area (Å²) in [6.45, 7) is 4.15. The van der Waals surface area contributed by atoms with Gasteiger partial charge in [0.05, 0.1) is 6.61 Å². The highest BCUT2D eigenvalue weighted by molar-refractivity contribution is 5.39. The highest BCUT2D eigenvalue weighted by atomic mass is 16.5. The summed E-state index contributed by atoms with van der Waals surface area (Å²) in [7, 11) is 1.68. The van der Waals surface area contributed by atoms with Gasteiger partial charge in [0.1, 0.15) is 17.7 Å². The summed E-state index contributed by atoms with van der Waals surface area (Å²) >= 11 is 0. The van der Waals surface area contributed by atoms with E-state index >= 15 is 0 Å². The van der Waals surface area contributed by atoms with Crippen molar-refractivity contribution >= 4 is 0 Å². The topological polar surface area (TPSA) is 67.2 Å². The molecule has 0 radical (unpaired) electrons. The van der Waals surface area contributed by atoms with Crippen LogP contribution in [0.1, 0.15) is 29.3 Å². The number of nitrogens with zero attached hydrogens (tertiary/aromatic N) is 2. The van der Waals surface area contributed by atoms with E-state index in [9.17, 15) is 5.26 Å². The molecule has 1 heterocycles. The summed E-state index contributed by atoms with van der Waals surface area (Å²) < 4.78 is 11.1. The molecule has 0 aliphatic carbocycles. The molecule has 5 heteroatoms. The van der Waals surface area contributed by atoms with Gasteiger partial charge in [-0.1, -0.05) is 30.3 Å². The number of pyridine rings is 1. The fourth-order valence-corrected chi connectivity index (χ4v) is 2.34. The third-order valence-corrected chi connectivity index (χ3v) is 3.61. The number of rotatable bonds is 9. The van der Waals surface area contributed by atoms with E-state index in [1.54, 1.807) is 13.2 Å². The Morgan fingerprint density at radius 3 is 2.67 bits per heavy atom. The van der Waals surface area contributed by atoms with Crippen LogP contribution in [0.15, 0.2) is 42.5 Å². The van der Waals surface area contributed by atoms with Crippen molar-refractivity contribution in [2.75, 3.05) is 26.8 Å². The molecule has 0 saturated carbocycles. The van der Waals surface area contributed by atoms with Crippen molar-refractivity contribution in [1.82, 2.24) is 10.3 Å². The Bertz CT molecular complexity index is 668. The summed E-state index contributed by atoms with van der Waals surface area (Å²) in [5, 5.41) is 12.6. The van der Waals surface area contributed by atoms with Gasteiger partial charge >= 0.3 is 0 Å². The minimum atomic E-state index is -0.164. The zero-order valence-corrected chi connectivity index (χ0v) is 14.2. The number of methoxy groups -OCH3 is 1. The van der Waals surface area contributed by atoms with Gasteiger partial charge < -0.3 is 14.8 Å². The van der Waals surface area contributed by atoms with E-state index in [0.717, 1.165) is 30.8 Å². The lowest BCUT2D eigenvalue weighted by atomic mass is 10.1. The monoisotopic (exact) mass is 325 g/mol. The minimum absolute atomic E-state index is 0.164. The second-order valence-electron chi connectivity index (χ2n) is 5.47. The molecule has 2 aromatic rings. The van der Waals surface area contributed by atoms with Gasteiger partial charge in [-0.05, 0) is 31.2 Å². The molecular weight excluding hydrogens is 302 g/mol. The van der Waals surface area contributed by atoms with Crippen LogP contribution in [-0.2, 0) is 4.74 Å². The average molecular weight is 325 g/mol. The van der Waals surface area contributed by atoms with E-state index in [4.69, 9.17) is 9.47 Å². The van der Waals surface area contributed by atoms with Crippen LogP contribution in [0.5, 0.6) is 5.88 Å². The summed E-state index contributed by atoms with van der Waals surface area (Å²) in [5.74, 6) is 0.392. The van der Waals surface area contributed by atoms with Gasteiger partial charge in [-0.3, -0.25) is 0 Å². The Labute approximate surface area is 143 Å². The standard InChI is InChI=1S/C19H23N3O2/c1-15-8-9-17(14-20)19(22-15)24-18(10-11-21-12-13-23-2)16-6-4-3-5-7-16/h3-9,18,21H,10-13H2,1-2H3/t18-/m1/s1. The van der Waals surface area contributed by atoms with Gasteiger partial charge in [0.25, 0.3) is 0 Å². The Morgan fingerprint density at radius 1 is 1.17 bits per heavy atom. The Morgan fingerprint density at radius 2 is 1.96 bits per heavy atom. The van der Waals surface area contributed by atoms with Crippen LogP contribution in [0, 0.1) is 18.3 Å². The minimum Gasteiger partial charge on any atom is -0.468 e. The molecule has 0 unspecified atom stereocenters. The summed E-state index contributed by atoms with van der Waals surface area (Å²) in [5.41, 5.74) is 2.35. The lowest BCUT2D eigenvalue weighted by Crippen LogP contribution is -2.23. The van der Waals surface area contributed by atoms with Crippen molar-refractivity contribution < 1.29 is 9.47 Å². The molecule has 1 aromatic carbocycles. The Balaban J connectivity index is 2.11. The van der Waals surface area contributed by atoms with Gasteiger partial charge in [0.15, 0.2) is 0 Å². The average Bonchev–Trinajstić information content (AvgIpc) is 2.61. The van der Waals surface area contributed by atoms with Crippen LogP contribution < -0.4 is 10.1 Å². The SMILES string of the molecule is COCCNCC[C@@H](Oc1nc(C)ccc1C#N)c1ccccc1. The van der Waals surface area contributed by atoms with E-state index in [-0.39, 0.29) is 6.10 Å². The van der Waals surface area contributed by atoms with E-state index in [2.05, 4.69) is 16.4 Å². The maximum atomic E-state index is 9.27. The molecule has 2 rings (SSSR count). The second-order valence-corrected chi connectivity index (χ2v) is 5.47. The van der Waals surface area contributed by atoms with Crippen LogP contribution in [0.25, 0.3) is 0 Å². The van der Waals surface area contributed by atoms with Crippen molar-refractivity contribution in [3.05, 3.63) is 59.3 Å². The quantitative estimate of drug-likeness (QED) is 0.718.